The van der Waals surface area contributed by atoms with Crippen LogP contribution in [-0.4, -0.2) is 89.5 Å². The second-order valence-corrected chi connectivity index (χ2v) is 15.7. The van der Waals surface area contributed by atoms with Gasteiger partial charge in [0.15, 0.2) is 0 Å². The van der Waals surface area contributed by atoms with Crippen molar-refractivity contribution in [2.75, 3.05) is 31.6 Å². The Hall–Kier alpha value is -6.26. The van der Waals surface area contributed by atoms with Gasteiger partial charge in [-0.25, -0.2) is 9.50 Å². The van der Waals surface area contributed by atoms with E-state index in [1.807, 2.05) is 61.4 Å². The zero-order chi connectivity index (χ0) is 39.7. The van der Waals surface area contributed by atoms with Crippen LogP contribution in [0.5, 0.6) is 0 Å². The fourth-order valence-electron chi connectivity index (χ4n) is 7.09. The van der Waals surface area contributed by atoms with Crippen LogP contribution in [0.3, 0.4) is 0 Å². The molecule has 2 aliphatic rings. The molecular weight excluding hydrogens is 727 g/mol. The van der Waals surface area contributed by atoms with Gasteiger partial charge in [0.1, 0.15) is 12.4 Å². The van der Waals surface area contributed by atoms with E-state index < -0.39 is 11.9 Å². The lowest BCUT2D eigenvalue weighted by Gasteiger charge is -2.24. The Morgan fingerprint density at radius 3 is 2.61 bits per heavy atom. The molecule has 0 aliphatic carbocycles. The van der Waals surface area contributed by atoms with E-state index in [2.05, 4.69) is 82.6 Å². The van der Waals surface area contributed by atoms with Crippen molar-refractivity contribution in [2.45, 2.75) is 71.1 Å². The van der Waals surface area contributed by atoms with Crippen molar-refractivity contribution in [3.63, 3.8) is 0 Å². The summed E-state index contributed by atoms with van der Waals surface area (Å²) in [6.07, 6.45) is 7.95. The Morgan fingerprint density at radius 1 is 1.02 bits per heavy atom. The maximum atomic E-state index is 12.7. The Kier molecular flexibility index (Phi) is 10.4. The normalized spacial score (nSPS) is 18.0. The smallest absolute Gasteiger partial charge is 0.292 e. The SMILES string of the molecule is Cc1cc(-c2ncnn3cc(-c4ccc(CN5CCOCC(n6cc(NC7CCC(=O)NC7=O)cn6)C5)cc4)cc23)ccc1CNC(=O)c1noc(C(C)(C)C)n1. The number of rotatable bonds is 10. The van der Waals surface area contributed by atoms with Crippen LogP contribution in [0.25, 0.3) is 27.9 Å². The lowest BCUT2D eigenvalue weighted by Crippen LogP contribution is -2.47. The second kappa shape index (κ2) is 15.7. The molecule has 16 nitrogen and oxygen atoms in total. The van der Waals surface area contributed by atoms with Gasteiger partial charge in [-0.1, -0.05) is 62.3 Å². The van der Waals surface area contributed by atoms with Crippen LogP contribution >= 0.6 is 0 Å². The van der Waals surface area contributed by atoms with Gasteiger partial charge >= 0.3 is 0 Å². The molecule has 2 unspecified atom stereocenters. The van der Waals surface area contributed by atoms with Crippen molar-refractivity contribution >= 4 is 28.9 Å². The van der Waals surface area contributed by atoms with Gasteiger partial charge in [0.05, 0.1) is 42.4 Å². The molecule has 0 bridgehead atoms. The predicted molar refractivity (Wildman–Crippen MR) is 210 cm³/mol. The molecule has 2 aliphatic heterocycles. The van der Waals surface area contributed by atoms with Crippen molar-refractivity contribution in [3.8, 4) is 22.4 Å². The van der Waals surface area contributed by atoms with Crippen molar-refractivity contribution in [1.82, 2.24) is 50.1 Å². The summed E-state index contributed by atoms with van der Waals surface area (Å²) < 4.78 is 15.0. The predicted octanol–water partition coefficient (Wildman–Crippen LogP) is 4.47. The van der Waals surface area contributed by atoms with Crippen molar-refractivity contribution in [3.05, 3.63) is 102 Å². The number of hydrogen-bond acceptors (Lipinski definition) is 12. The highest BCUT2D eigenvalue weighted by Crippen LogP contribution is 2.30. The third-order valence-corrected chi connectivity index (χ3v) is 10.3. The Labute approximate surface area is 329 Å². The number of carbonyl (C=O) groups is 3. The van der Waals surface area contributed by atoms with Gasteiger partial charge in [-0.2, -0.15) is 15.2 Å². The summed E-state index contributed by atoms with van der Waals surface area (Å²) in [6.45, 7) is 11.6. The molecule has 2 fully saturated rings. The monoisotopic (exact) mass is 771 g/mol. The Balaban J connectivity index is 0.904. The highest BCUT2D eigenvalue weighted by atomic mass is 16.5. The van der Waals surface area contributed by atoms with Gasteiger partial charge < -0.3 is 19.9 Å². The van der Waals surface area contributed by atoms with E-state index >= 15 is 0 Å². The molecule has 6 heterocycles. The summed E-state index contributed by atoms with van der Waals surface area (Å²) in [5, 5.41) is 21.4. The van der Waals surface area contributed by atoms with Crippen molar-refractivity contribution < 1.29 is 23.6 Å². The lowest BCUT2D eigenvalue weighted by molar-refractivity contribution is -0.133. The molecule has 3 N–H and O–H groups in total. The van der Waals surface area contributed by atoms with E-state index in [0.717, 1.165) is 64.3 Å². The van der Waals surface area contributed by atoms with Gasteiger partial charge in [0.25, 0.3) is 11.7 Å². The van der Waals surface area contributed by atoms with E-state index in [9.17, 15) is 14.4 Å². The number of aromatic nitrogens is 7. The first kappa shape index (κ1) is 37.7. The van der Waals surface area contributed by atoms with Crippen LogP contribution in [0.1, 0.15) is 72.9 Å². The molecule has 2 aromatic carbocycles. The third-order valence-electron chi connectivity index (χ3n) is 10.3. The molecule has 8 rings (SSSR count). The number of anilines is 1. The van der Waals surface area contributed by atoms with Gasteiger partial charge in [0.2, 0.25) is 17.7 Å². The van der Waals surface area contributed by atoms with Crippen LogP contribution in [0.2, 0.25) is 0 Å². The van der Waals surface area contributed by atoms with Gasteiger partial charge in [-0.05, 0) is 47.7 Å². The lowest BCUT2D eigenvalue weighted by atomic mass is 9.97. The molecule has 4 aromatic heterocycles. The number of ether oxygens (including phenoxy) is 1. The highest BCUT2D eigenvalue weighted by Gasteiger charge is 2.28. The van der Waals surface area contributed by atoms with Gasteiger partial charge in [0, 0.05) is 61.5 Å². The minimum atomic E-state index is -0.464. The molecule has 0 radical (unpaired) electrons. The maximum Gasteiger partial charge on any atom is 0.292 e. The second-order valence-electron chi connectivity index (χ2n) is 15.7. The fourth-order valence-corrected chi connectivity index (χ4v) is 7.09. The first-order valence-corrected chi connectivity index (χ1v) is 19.1. The summed E-state index contributed by atoms with van der Waals surface area (Å²) in [4.78, 5) is 47.7. The number of carbonyl (C=O) groups excluding carboxylic acids is 3. The van der Waals surface area contributed by atoms with Gasteiger partial charge in [-0.15, -0.1) is 0 Å². The number of imide groups is 1. The number of hydrogen-bond donors (Lipinski definition) is 3. The summed E-state index contributed by atoms with van der Waals surface area (Å²) in [6, 6.07) is 16.3. The average Bonchev–Trinajstić information content (AvgIpc) is 3.94. The topological polar surface area (TPSA) is 187 Å². The molecule has 0 spiro atoms. The van der Waals surface area contributed by atoms with E-state index in [-0.39, 0.29) is 29.1 Å². The minimum Gasteiger partial charge on any atom is -0.378 e. The van der Waals surface area contributed by atoms with E-state index in [0.29, 0.717) is 38.5 Å². The Bertz CT molecular complexity index is 2430. The number of piperidine rings is 1. The standard InChI is InChI=1S/C41H45N11O5/c1-25-15-28(9-10-29(25)17-42-39(55)37-48-40(57-49-37)41(2,3)4)36-34-16-30(20-52(34)45-24-43-36)27-7-5-26(6-8-27)19-50-13-14-56-23-32(22-50)51-21-31(18-44-51)46-33-11-12-35(53)47-38(33)54/h5-10,15-16,18,20-21,24,32-33,46H,11-14,17,19,22-23H2,1-4H3,(H,42,55)(H,47,53,54). The quantitative estimate of drug-likeness (QED) is 0.166. The van der Waals surface area contributed by atoms with Crippen LogP contribution < -0.4 is 16.0 Å². The number of aryl methyl sites for hydroxylation is 1. The highest BCUT2D eigenvalue weighted by molar-refractivity contribution is 6.01. The zero-order valence-corrected chi connectivity index (χ0v) is 32.4. The molecule has 2 saturated heterocycles. The zero-order valence-electron chi connectivity index (χ0n) is 32.4. The van der Waals surface area contributed by atoms with E-state index in [1.54, 1.807) is 12.5 Å². The van der Waals surface area contributed by atoms with Crippen LogP contribution in [0.4, 0.5) is 5.69 Å². The number of amides is 3. The summed E-state index contributed by atoms with van der Waals surface area (Å²) >= 11 is 0. The number of fused-ring (bicyclic) bond motifs is 1. The largest absolute Gasteiger partial charge is 0.378 e. The minimum absolute atomic E-state index is 0.000982. The van der Waals surface area contributed by atoms with E-state index in [4.69, 9.17) is 9.26 Å². The average molecular weight is 772 g/mol. The maximum absolute atomic E-state index is 12.7. The van der Waals surface area contributed by atoms with Crippen LogP contribution in [0.15, 0.2) is 78.0 Å². The first-order chi connectivity index (χ1) is 27.5. The number of benzene rings is 2. The first-order valence-electron chi connectivity index (χ1n) is 19.1. The summed E-state index contributed by atoms with van der Waals surface area (Å²) in [7, 11) is 0. The van der Waals surface area contributed by atoms with Crippen LogP contribution in [-0.2, 0) is 32.8 Å². The molecule has 57 heavy (non-hydrogen) atoms. The fraction of sp³-hybridized carbons (Fsp3) is 0.366. The summed E-state index contributed by atoms with van der Waals surface area (Å²) in [5.74, 6) is -0.513. The molecule has 294 valence electrons. The molecule has 2 atom stereocenters. The number of nitrogens with one attached hydrogen (secondary N) is 3. The third kappa shape index (κ3) is 8.46. The Morgan fingerprint density at radius 2 is 1.84 bits per heavy atom. The molecule has 6 aromatic rings. The van der Waals surface area contributed by atoms with Crippen molar-refractivity contribution in [2.24, 2.45) is 0 Å². The molecule has 3 amide bonds. The summed E-state index contributed by atoms with van der Waals surface area (Å²) in [5.41, 5.74) is 8.27. The van der Waals surface area contributed by atoms with E-state index in [1.165, 1.54) is 5.56 Å². The van der Waals surface area contributed by atoms with Crippen LogP contribution in [0, 0.1) is 6.92 Å². The van der Waals surface area contributed by atoms with Gasteiger partial charge in [-0.3, -0.25) is 29.3 Å². The number of nitrogens with zero attached hydrogens (tertiary/aromatic N) is 8. The van der Waals surface area contributed by atoms with Crippen molar-refractivity contribution in [1.29, 1.82) is 0 Å². The molecular formula is C41H45N11O5. The molecule has 0 saturated carbocycles. The molecule has 16 heteroatoms.